The minimum Gasteiger partial charge on any atom is -0.459 e. The third-order valence-electron chi connectivity index (χ3n) is 5.03. The van der Waals surface area contributed by atoms with Crippen LogP contribution >= 0.6 is 0 Å². The number of benzene rings is 1. The Labute approximate surface area is 160 Å². The van der Waals surface area contributed by atoms with Gasteiger partial charge < -0.3 is 9.52 Å². The zero-order chi connectivity index (χ0) is 20.7. The molecule has 1 N–H and O–H groups in total. The van der Waals surface area contributed by atoms with Crippen molar-refractivity contribution in [3.05, 3.63) is 65.4 Å². The van der Waals surface area contributed by atoms with Gasteiger partial charge in [-0.25, -0.2) is 4.39 Å². The topological polar surface area (TPSA) is 46.3 Å². The zero-order valence-electron chi connectivity index (χ0n) is 15.8. The number of hydrogen-bond donors (Lipinski definition) is 1. The van der Waals surface area contributed by atoms with Gasteiger partial charge in [-0.05, 0) is 54.2 Å². The zero-order valence-corrected chi connectivity index (χ0v) is 15.8. The average Bonchev–Trinajstić information content (AvgIpc) is 2.97. The lowest BCUT2D eigenvalue weighted by molar-refractivity contribution is -0.267. The first-order valence-electron chi connectivity index (χ1n) is 8.79. The highest BCUT2D eigenvalue weighted by molar-refractivity contribution is 5.76. The fourth-order valence-corrected chi connectivity index (χ4v) is 3.73. The van der Waals surface area contributed by atoms with E-state index in [0.717, 1.165) is 0 Å². The molecule has 0 radical (unpaired) electrons. The smallest absolute Gasteiger partial charge is 0.417 e. The van der Waals surface area contributed by atoms with Crippen molar-refractivity contribution >= 4 is 11.0 Å². The Balaban J connectivity index is 1.98. The van der Waals surface area contributed by atoms with Gasteiger partial charge in [0.25, 0.3) is 0 Å². The van der Waals surface area contributed by atoms with E-state index >= 15 is 0 Å². The first-order chi connectivity index (χ1) is 12.9. The fourth-order valence-electron chi connectivity index (χ4n) is 3.73. The molecule has 2 aromatic heterocycles. The largest absolute Gasteiger partial charge is 0.459 e. The van der Waals surface area contributed by atoms with Crippen molar-refractivity contribution in [3.8, 4) is 0 Å². The lowest BCUT2D eigenvalue weighted by atomic mass is 9.72. The third-order valence-corrected chi connectivity index (χ3v) is 5.03. The van der Waals surface area contributed by atoms with Crippen LogP contribution in [0, 0.1) is 12.7 Å². The molecule has 0 amide bonds. The molecule has 0 saturated carbocycles. The van der Waals surface area contributed by atoms with Gasteiger partial charge in [-0.3, -0.25) is 4.98 Å². The summed E-state index contributed by atoms with van der Waals surface area (Å²) in [6.07, 6.45) is -3.38. The van der Waals surface area contributed by atoms with Crippen LogP contribution in [-0.4, -0.2) is 21.9 Å². The molecule has 0 aliphatic heterocycles. The predicted molar refractivity (Wildman–Crippen MR) is 97.5 cm³/mol. The number of fused-ring (bicyclic) bond motifs is 1. The van der Waals surface area contributed by atoms with Crippen molar-refractivity contribution in [2.24, 2.45) is 0 Å². The number of aliphatic hydroxyl groups is 1. The summed E-state index contributed by atoms with van der Waals surface area (Å²) in [7, 11) is 0. The number of hydrogen-bond acceptors (Lipinski definition) is 3. The van der Waals surface area contributed by atoms with Gasteiger partial charge in [-0.1, -0.05) is 19.9 Å². The molecule has 1 unspecified atom stereocenters. The maximum Gasteiger partial charge on any atom is 0.417 e. The third kappa shape index (κ3) is 3.90. The van der Waals surface area contributed by atoms with E-state index in [1.165, 1.54) is 36.7 Å². The summed E-state index contributed by atoms with van der Waals surface area (Å²) in [6, 6.07) is 7.08. The number of furan rings is 1. The summed E-state index contributed by atoms with van der Waals surface area (Å²) < 4.78 is 60.8. The normalized spacial score (nSPS) is 15.0. The Morgan fingerprint density at radius 1 is 1.11 bits per heavy atom. The second kappa shape index (κ2) is 6.88. The predicted octanol–water partition coefficient (Wildman–Crippen LogP) is 5.48. The lowest BCUT2D eigenvalue weighted by Crippen LogP contribution is -2.50. The van der Waals surface area contributed by atoms with Crippen molar-refractivity contribution < 1.29 is 27.1 Å². The summed E-state index contributed by atoms with van der Waals surface area (Å²) in [5.41, 5.74) is -2.75. The van der Waals surface area contributed by atoms with Gasteiger partial charge in [-0.2, -0.15) is 13.2 Å². The fraction of sp³-hybridized carbons (Fsp3) is 0.381. The molecule has 3 nitrogen and oxygen atoms in total. The molecule has 3 rings (SSSR count). The molecule has 0 aliphatic carbocycles. The molecule has 1 atom stereocenters. The highest BCUT2D eigenvalue weighted by atomic mass is 19.4. The van der Waals surface area contributed by atoms with Crippen LogP contribution in [0.25, 0.3) is 11.0 Å². The summed E-state index contributed by atoms with van der Waals surface area (Å²) in [4.78, 5) is 3.87. The van der Waals surface area contributed by atoms with Crippen molar-refractivity contribution in [3.63, 3.8) is 0 Å². The highest BCUT2D eigenvalue weighted by Crippen LogP contribution is 2.44. The van der Waals surface area contributed by atoms with Crippen LogP contribution in [0.15, 0.2) is 47.1 Å². The number of nitrogens with zero attached hydrogens (tertiary/aromatic N) is 1. The van der Waals surface area contributed by atoms with E-state index in [-0.39, 0.29) is 5.76 Å². The Hall–Kier alpha value is -2.41. The van der Waals surface area contributed by atoms with Crippen LogP contribution in [0.2, 0.25) is 0 Å². The number of alkyl halides is 3. The number of pyridine rings is 1. The molecule has 1 aromatic carbocycles. The van der Waals surface area contributed by atoms with E-state index in [9.17, 15) is 22.7 Å². The Kier molecular flexibility index (Phi) is 5.00. The van der Waals surface area contributed by atoms with Gasteiger partial charge >= 0.3 is 6.18 Å². The number of rotatable bonds is 5. The minimum absolute atomic E-state index is 0.00888. The van der Waals surface area contributed by atoms with Crippen molar-refractivity contribution in [2.75, 3.05) is 0 Å². The van der Waals surface area contributed by atoms with Gasteiger partial charge in [-0.15, -0.1) is 0 Å². The quantitative estimate of drug-likeness (QED) is 0.582. The molecule has 0 saturated heterocycles. The Bertz CT molecular complexity index is 960. The van der Waals surface area contributed by atoms with Crippen LogP contribution in [-0.2, 0) is 11.8 Å². The minimum atomic E-state index is -4.90. The SMILES string of the molecule is Cc1ccc(F)cc1C(C)(C)CC(O)(Cc1cc2ccncc2o1)C(F)(F)F. The van der Waals surface area contributed by atoms with Crippen LogP contribution in [0.4, 0.5) is 17.6 Å². The summed E-state index contributed by atoms with van der Waals surface area (Å²) in [5.74, 6) is -0.524. The first kappa shape index (κ1) is 20.3. The standard InChI is InChI=1S/C21H21F4NO2/c1-13-4-5-15(22)9-17(13)19(2,3)12-20(27,21(23,24)25)10-16-8-14-6-7-26-11-18(14)28-16/h4-9,11,27H,10,12H2,1-3H3. The second-order valence-corrected chi connectivity index (χ2v) is 7.85. The number of aryl methyl sites for hydroxylation is 1. The van der Waals surface area contributed by atoms with E-state index < -0.39 is 35.9 Å². The molecule has 3 aromatic rings. The van der Waals surface area contributed by atoms with Gasteiger partial charge in [0.2, 0.25) is 0 Å². The molecule has 150 valence electrons. The van der Waals surface area contributed by atoms with Crippen molar-refractivity contribution in [1.82, 2.24) is 4.98 Å². The van der Waals surface area contributed by atoms with Crippen molar-refractivity contribution in [2.45, 2.75) is 50.8 Å². The molecule has 0 aliphatic rings. The molecule has 2 heterocycles. The maximum absolute atomic E-state index is 13.9. The Morgan fingerprint density at radius 2 is 1.82 bits per heavy atom. The van der Waals surface area contributed by atoms with Gasteiger partial charge in [0, 0.05) is 18.0 Å². The molecule has 28 heavy (non-hydrogen) atoms. The van der Waals surface area contributed by atoms with E-state index in [1.807, 2.05) is 0 Å². The first-order valence-corrected chi connectivity index (χ1v) is 8.79. The Morgan fingerprint density at radius 3 is 2.46 bits per heavy atom. The van der Waals surface area contributed by atoms with E-state index in [0.29, 0.717) is 22.1 Å². The molecular formula is C21H21F4NO2. The summed E-state index contributed by atoms with van der Waals surface area (Å²) >= 11 is 0. The molecule has 7 heteroatoms. The summed E-state index contributed by atoms with van der Waals surface area (Å²) in [5, 5.41) is 11.3. The number of halogens is 4. The van der Waals surface area contributed by atoms with Crippen LogP contribution < -0.4 is 0 Å². The van der Waals surface area contributed by atoms with Gasteiger partial charge in [0.1, 0.15) is 11.6 Å². The van der Waals surface area contributed by atoms with E-state index in [1.54, 1.807) is 26.8 Å². The maximum atomic E-state index is 13.9. The van der Waals surface area contributed by atoms with E-state index in [4.69, 9.17) is 4.42 Å². The van der Waals surface area contributed by atoms with E-state index in [2.05, 4.69) is 4.98 Å². The van der Waals surface area contributed by atoms with Gasteiger partial charge in [0.15, 0.2) is 11.2 Å². The van der Waals surface area contributed by atoms with Crippen molar-refractivity contribution in [1.29, 1.82) is 0 Å². The lowest BCUT2D eigenvalue weighted by Gasteiger charge is -2.38. The monoisotopic (exact) mass is 395 g/mol. The molecule has 0 spiro atoms. The highest BCUT2D eigenvalue weighted by Gasteiger charge is 2.56. The number of aromatic nitrogens is 1. The molecular weight excluding hydrogens is 374 g/mol. The summed E-state index contributed by atoms with van der Waals surface area (Å²) in [6.45, 7) is 4.83. The van der Waals surface area contributed by atoms with Crippen LogP contribution in [0.1, 0.15) is 37.2 Å². The molecule has 0 fully saturated rings. The van der Waals surface area contributed by atoms with Gasteiger partial charge in [0.05, 0.1) is 6.20 Å². The molecule has 0 bridgehead atoms. The second-order valence-electron chi connectivity index (χ2n) is 7.85. The van der Waals surface area contributed by atoms with Crippen LogP contribution in [0.5, 0.6) is 0 Å². The van der Waals surface area contributed by atoms with Crippen LogP contribution in [0.3, 0.4) is 0 Å². The average molecular weight is 395 g/mol.